The summed E-state index contributed by atoms with van der Waals surface area (Å²) in [6.07, 6.45) is 4.39. The monoisotopic (exact) mass is 402 g/mol. The maximum atomic E-state index is 12.5. The number of nitrogens with zero attached hydrogens (tertiary/aromatic N) is 5. The number of aromatic nitrogens is 5. The SMILES string of the molecule is Cc1ccc(-c2ccnc3c2c(C)nn3CC(=O)NCCCn2nccc2C)cc1. The van der Waals surface area contributed by atoms with Crippen LogP contribution in [-0.4, -0.2) is 37.0 Å². The number of nitrogens with one attached hydrogen (secondary N) is 1. The molecular formula is C23H26N6O. The summed E-state index contributed by atoms with van der Waals surface area (Å²) in [6, 6.07) is 12.4. The first kappa shape index (κ1) is 19.8. The molecule has 1 aromatic carbocycles. The molecule has 0 saturated heterocycles. The van der Waals surface area contributed by atoms with Crippen LogP contribution < -0.4 is 5.32 Å². The number of carbonyl (C=O) groups excluding carboxylic acids is 1. The minimum Gasteiger partial charge on any atom is -0.354 e. The maximum absolute atomic E-state index is 12.5. The molecule has 0 unspecified atom stereocenters. The fraction of sp³-hybridized carbons (Fsp3) is 0.304. The number of hydrogen-bond acceptors (Lipinski definition) is 4. The topological polar surface area (TPSA) is 77.6 Å². The molecule has 4 aromatic rings. The normalized spacial score (nSPS) is 11.2. The fourth-order valence-electron chi connectivity index (χ4n) is 3.65. The lowest BCUT2D eigenvalue weighted by atomic mass is 10.0. The molecule has 3 heterocycles. The Hall–Kier alpha value is -3.48. The van der Waals surface area contributed by atoms with E-state index < -0.39 is 0 Å². The molecule has 1 amide bonds. The van der Waals surface area contributed by atoms with Crippen molar-refractivity contribution in [3.63, 3.8) is 0 Å². The summed E-state index contributed by atoms with van der Waals surface area (Å²) < 4.78 is 3.63. The molecule has 1 N–H and O–H groups in total. The van der Waals surface area contributed by atoms with Crippen molar-refractivity contribution in [2.24, 2.45) is 0 Å². The van der Waals surface area contributed by atoms with Gasteiger partial charge >= 0.3 is 0 Å². The van der Waals surface area contributed by atoms with Gasteiger partial charge < -0.3 is 5.32 Å². The predicted molar refractivity (Wildman–Crippen MR) is 117 cm³/mol. The van der Waals surface area contributed by atoms with Gasteiger partial charge in [-0.3, -0.25) is 9.48 Å². The standard InChI is InChI=1S/C23H26N6O/c1-16-5-7-19(8-6-16)20-10-12-25-23-22(20)18(3)27-29(23)15-21(30)24-11-4-14-28-17(2)9-13-26-28/h5-10,12-13H,4,11,14-15H2,1-3H3,(H,24,30). The largest absolute Gasteiger partial charge is 0.354 e. The van der Waals surface area contributed by atoms with E-state index in [4.69, 9.17) is 0 Å². The van der Waals surface area contributed by atoms with E-state index in [0.717, 1.165) is 46.5 Å². The third-order valence-electron chi connectivity index (χ3n) is 5.26. The zero-order valence-corrected chi connectivity index (χ0v) is 17.6. The summed E-state index contributed by atoms with van der Waals surface area (Å²) in [5.74, 6) is -0.0703. The number of pyridine rings is 1. The summed E-state index contributed by atoms with van der Waals surface area (Å²) in [5.41, 5.74) is 6.14. The Kier molecular flexibility index (Phi) is 5.61. The highest BCUT2D eigenvalue weighted by molar-refractivity contribution is 5.95. The van der Waals surface area contributed by atoms with Crippen LogP contribution in [0.1, 0.15) is 23.4 Å². The Balaban J connectivity index is 1.45. The van der Waals surface area contributed by atoms with Gasteiger partial charge in [-0.1, -0.05) is 29.8 Å². The number of hydrogen-bond donors (Lipinski definition) is 1. The number of benzene rings is 1. The molecule has 154 valence electrons. The van der Waals surface area contributed by atoms with Crippen molar-refractivity contribution < 1.29 is 4.79 Å². The zero-order chi connectivity index (χ0) is 21.1. The molecular weight excluding hydrogens is 376 g/mol. The molecule has 0 radical (unpaired) electrons. The Morgan fingerprint density at radius 3 is 2.53 bits per heavy atom. The van der Waals surface area contributed by atoms with Crippen LogP contribution in [-0.2, 0) is 17.9 Å². The third-order valence-corrected chi connectivity index (χ3v) is 5.26. The van der Waals surface area contributed by atoms with Crippen LogP contribution in [0.2, 0.25) is 0 Å². The number of rotatable bonds is 7. The average Bonchev–Trinajstić information content (AvgIpc) is 3.29. The Morgan fingerprint density at radius 1 is 1.00 bits per heavy atom. The first-order valence-corrected chi connectivity index (χ1v) is 10.2. The van der Waals surface area contributed by atoms with Crippen LogP contribution in [0.15, 0.2) is 48.8 Å². The first-order valence-electron chi connectivity index (χ1n) is 10.2. The average molecular weight is 403 g/mol. The van der Waals surface area contributed by atoms with E-state index >= 15 is 0 Å². The smallest absolute Gasteiger partial charge is 0.241 e. The van der Waals surface area contributed by atoms with Crippen LogP contribution in [0.3, 0.4) is 0 Å². The van der Waals surface area contributed by atoms with E-state index in [9.17, 15) is 4.79 Å². The van der Waals surface area contributed by atoms with Crippen molar-refractivity contribution in [3.05, 3.63) is 65.7 Å². The van der Waals surface area contributed by atoms with E-state index in [2.05, 4.69) is 51.7 Å². The Labute approximate surface area is 175 Å². The minimum absolute atomic E-state index is 0.0703. The highest BCUT2D eigenvalue weighted by Gasteiger charge is 2.15. The van der Waals surface area contributed by atoms with E-state index in [-0.39, 0.29) is 12.5 Å². The van der Waals surface area contributed by atoms with Crippen LogP contribution in [0, 0.1) is 20.8 Å². The van der Waals surface area contributed by atoms with Crippen molar-refractivity contribution in [3.8, 4) is 11.1 Å². The first-order chi connectivity index (χ1) is 14.5. The zero-order valence-electron chi connectivity index (χ0n) is 17.6. The van der Waals surface area contributed by atoms with E-state index in [1.165, 1.54) is 5.56 Å². The highest BCUT2D eigenvalue weighted by atomic mass is 16.2. The van der Waals surface area contributed by atoms with Gasteiger partial charge in [0.1, 0.15) is 6.54 Å². The van der Waals surface area contributed by atoms with Crippen LogP contribution in [0.5, 0.6) is 0 Å². The van der Waals surface area contributed by atoms with Gasteiger partial charge in [-0.15, -0.1) is 0 Å². The second kappa shape index (κ2) is 8.49. The summed E-state index contributed by atoms with van der Waals surface area (Å²) in [6.45, 7) is 7.58. The van der Waals surface area contributed by atoms with E-state index in [1.807, 2.05) is 30.7 Å². The van der Waals surface area contributed by atoms with Crippen LogP contribution in [0.4, 0.5) is 0 Å². The number of carbonyl (C=O) groups is 1. The third kappa shape index (κ3) is 4.10. The second-order valence-corrected chi connectivity index (χ2v) is 7.57. The quantitative estimate of drug-likeness (QED) is 0.481. The predicted octanol–water partition coefficient (Wildman–Crippen LogP) is 3.43. The van der Waals surface area contributed by atoms with Gasteiger partial charge in [0.2, 0.25) is 5.91 Å². The molecule has 7 heteroatoms. The Morgan fingerprint density at radius 2 is 1.80 bits per heavy atom. The van der Waals surface area contributed by atoms with Crippen LogP contribution >= 0.6 is 0 Å². The Bertz CT molecular complexity index is 1170. The molecule has 0 atom stereocenters. The lowest BCUT2D eigenvalue weighted by molar-refractivity contribution is -0.121. The van der Waals surface area contributed by atoms with Gasteiger partial charge in [-0.2, -0.15) is 10.2 Å². The van der Waals surface area contributed by atoms with E-state index in [1.54, 1.807) is 17.1 Å². The minimum atomic E-state index is -0.0703. The number of amides is 1. The molecule has 0 aliphatic heterocycles. The molecule has 30 heavy (non-hydrogen) atoms. The number of fused-ring (bicyclic) bond motifs is 1. The molecule has 0 aliphatic carbocycles. The molecule has 0 spiro atoms. The highest BCUT2D eigenvalue weighted by Crippen LogP contribution is 2.29. The van der Waals surface area contributed by atoms with Crippen molar-refractivity contribution >= 4 is 16.9 Å². The van der Waals surface area contributed by atoms with Crippen molar-refractivity contribution in [2.75, 3.05) is 6.54 Å². The van der Waals surface area contributed by atoms with Crippen molar-refractivity contribution in [2.45, 2.75) is 40.3 Å². The second-order valence-electron chi connectivity index (χ2n) is 7.57. The lowest BCUT2D eigenvalue weighted by Crippen LogP contribution is -2.29. The molecule has 3 aromatic heterocycles. The molecule has 7 nitrogen and oxygen atoms in total. The lowest BCUT2D eigenvalue weighted by Gasteiger charge is -2.08. The van der Waals surface area contributed by atoms with Crippen LogP contribution in [0.25, 0.3) is 22.2 Å². The van der Waals surface area contributed by atoms with Gasteiger partial charge in [0.05, 0.1) is 5.69 Å². The van der Waals surface area contributed by atoms with Gasteiger partial charge in [0.15, 0.2) is 5.65 Å². The van der Waals surface area contributed by atoms with Crippen molar-refractivity contribution in [1.29, 1.82) is 0 Å². The number of aryl methyl sites for hydroxylation is 4. The van der Waals surface area contributed by atoms with Gasteiger partial charge in [0.25, 0.3) is 0 Å². The van der Waals surface area contributed by atoms with Gasteiger partial charge in [0, 0.05) is 36.6 Å². The maximum Gasteiger partial charge on any atom is 0.241 e. The van der Waals surface area contributed by atoms with E-state index in [0.29, 0.717) is 6.54 Å². The summed E-state index contributed by atoms with van der Waals surface area (Å²) in [7, 11) is 0. The summed E-state index contributed by atoms with van der Waals surface area (Å²) >= 11 is 0. The molecule has 0 bridgehead atoms. The molecule has 0 saturated carbocycles. The summed E-state index contributed by atoms with van der Waals surface area (Å²) in [5, 5.41) is 12.8. The van der Waals surface area contributed by atoms with Crippen molar-refractivity contribution in [1.82, 2.24) is 29.9 Å². The van der Waals surface area contributed by atoms with Gasteiger partial charge in [-0.05, 0) is 50.5 Å². The summed E-state index contributed by atoms with van der Waals surface area (Å²) in [4.78, 5) is 17.0. The molecule has 0 fully saturated rings. The molecule has 0 aliphatic rings. The fourth-order valence-corrected chi connectivity index (χ4v) is 3.65. The molecule has 4 rings (SSSR count). The van der Waals surface area contributed by atoms with Gasteiger partial charge in [-0.25, -0.2) is 9.67 Å².